The Morgan fingerprint density at radius 3 is 2.52 bits per heavy atom. The number of anilines is 1. The lowest BCUT2D eigenvalue weighted by Gasteiger charge is -2.10. The molecule has 0 radical (unpaired) electrons. The first-order chi connectivity index (χ1) is 14.0. The van der Waals surface area contributed by atoms with Gasteiger partial charge in [0.05, 0.1) is 0 Å². The summed E-state index contributed by atoms with van der Waals surface area (Å²) in [5.41, 5.74) is 3.38. The van der Waals surface area contributed by atoms with E-state index in [-0.39, 0.29) is 11.4 Å². The Labute approximate surface area is 174 Å². The van der Waals surface area contributed by atoms with Crippen molar-refractivity contribution in [3.63, 3.8) is 0 Å². The van der Waals surface area contributed by atoms with Gasteiger partial charge in [0.25, 0.3) is 5.91 Å². The maximum Gasteiger partial charge on any atom is 0.266 e. The van der Waals surface area contributed by atoms with Crippen LogP contribution in [0.15, 0.2) is 72.3 Å². The number of nitriles is 1. The minimum Gasteiger partial charge on any atom is -0.321 e. The molecular weight excluding hydrogens is 387 g/mol. The van der Waals surface area contributed by atoms with Crippen LogP contribution in [0.5, 0.6) is 0 Å². The fourth-order valence-electron chi connectivity index (χ4n) is 2.91. The van der Waals surface area contributed by atoms with Crippen molar-refractivity contribution in [3.05, 3.63) is 105 Å². The summed E-state index contributed by atoms with van der Waals surface area (Å²) < 4.78 is 14.0. The van der Waals surface area contributed by atoms with Crippen molar-refractivity contribution < 1.29 is 9.18 Å². The SMILES string of the molecule is Cc1ccc(Cl)cc1NC(=O)/C(C#N)=C/c1ccccc1Cc1ccccc1F. The average Bonchev–Trinajstić information content (AvgIpc) is 2.71. The van der Waals surface area contributed by atoms with E-state index in [0.29, 0.717) is 28.3 Å². The summed E-state index contributed by atoms with van der Waals surface area (Å²) in [6.07, 6.45) is 1.87. The quantitative estimate of drug-likeness (QED) is 0.423. The summed E-state index contributed by atoms with van der Waals surface area (Å²) in [6, 6.07) is 21.0. The van der Waals surface area contributed by atoms with Crippen LogP contribution in [-0.2, 0) is 11.2 Å². The molecule has 29 heavy (non-hydrogen) atoms. The van der Waals surface area contributed by atoms with Crippen molar-refractivity contribution in [2.75, 3.05) is 5.32 Å². The van der Waals surface area contributed by atoms with Gasteiger partial charge in [-0.1, -0.05) is 60.1 Å². The molecule has 5 heteroatoms. The van der Waals surface area contributed by atoms with Crippen molar-refractivity contribution >= 4 is 29.3 Å². The Morgan fingerprint density at radius 2 is 1.79 bits per heavy atom. The maximum atomic E-state index is 14.0. The van der Waals surface area contributed by atoms with Crippen LogP contribution >= 0.6 is 11.6 Å². The Kier molecular flexibility index (Phi) is 6.43. The van der Waals surface area contributed by atoms with Crippen molar-refractivity contribution in [1.82, 2.24) is 0 Å². The topological polar surface area (TPSA) is 52.9 Å². The van der Waals surface area contributed by atoms with E-state index in [9.17, 15) is 14.4 Å². The van der Waals surface area contributed by atoms with E-state index >= 15 is 0 Å². The van der Waals surface area contributed by atoms with Gasteiger partial charge in [-0.3, -0.25) is 4.79 Å². The molecule has 0 unspecified atom stereocenters. The first-order valence-corrected chi connectivity index (χ1v) is 9.36. The largest absolute Gasteiger partial charge is 0.321 e. The van der Waals surface area contributed by atoms with Crippen LogP contribution in [0.25, 0.3) is 6.08 Å². The van der Waals surface area contributed by atoms with E-state index in [0.717, 1.165) is 11.1 Å². The van der Waals surface area contributed by atoms with Gasteiger partial charge in [-0.2, -0.15) is 5.26 Å². The number of carbonyl (C=O) groups excluding carboxylic acids is 1. The number of rotatable bonds is 5. The zero-order chi connectivity index (χ0) is 20.8. The number of benzene rings is 3. The van der Waals surface area contributed by atoms with Crippen LogP contribution in [-0.4, -0.2) is 5.91 Å². The average molecular weight is 405 g/mol. The van der Waals surface area contributed by atoms with Gasteiger partial charge >= 0.3 is 0 Å². The summed E-state index contributed by atoms with van der Waals surface area (Å²) >= 11 is 5.99. The van der Waals surface area contributed by atoms with Gasteiger partial charge in [0, 0.05) is 17.1 Å². The zero-order valence-electron chi connectivity index (χ0n) is 15.7. The van der Waals surface area contributed by atoms with Crippen LogP contribution < -0.4 is 5.32 Å². The highest BCUT2D eigenvalue weighted by Crippen LogP contribution is 2.22. The summed E-state index contributed by atoms with van der Waals surface area (Å²) in [7, 11) is 0. The summed E-state index contributed by atoms with van der Waals surface area (Å²) in [5, 5.41) is 12.7. The monoisotopic (exact) mass is 404 g/mol. The van der Waals surface area contributed by atoms with E-state index in [1.54, 1.807) is 42.5 Å². The molecule has 0 aromatic heterocycles. The number of hydrogen-bond acceptors (Lipinski definition) is 2. The number of halogens is 2. The van der Waals surface area contributed by atoms with Crippen molar-refractivity contribution in [2.45, 2.75) is 13.3 Å². The molecule has 1 N–H and O–H groups in total. The van der Waals surface area contributed by atoms with Gasteiger partial charge in [-0.05, 0) is 53.5 Å². The number of amides is 1. The van der Waals surface area contributed by atoms with Gasteiger partial charge in [0.15, 0.2) is 0 Å². The second-order valence-electron chi connectivity index (χ2n) is 6.55. The minimum absolute atomic E-state index is 0.0506. The molecule has 0 heterocycles. The van der Waals surface area contributed by atoms with Gasteiger partial charge in [0.1, 0.15) is 17.5 Å². The Balaban J connectivity index is 1.89. The summed E-state index contributed by atoms with van der Waals surface area (Å²) in [6.45, 7) is 1.84. The lowest BCUT2D eigenvalue weighted by molar-refractivity contribution is -0.112. The third-order valence-corrected chi connectivity index (χ3v) is 4.74. The predicted molar refractivity (Wildman–Crippen MR) is 114 cm³/mol. The molecular formula is C24H18ClFN2O. The van der Waals surface area contributed by atoms with Crippen LogP contribution in [0.4, 0.5) is 10.1 Å². The summed E-state index contributed by atoms with van der Waals surface area (Å²) in [4.78, 5) is 12.6. The number of nitrogens with zero attached hydrogens (tertiary/aromatic N) is 1. The number of nitrogens with one attached hydrogen (secondary N) is 1. The van der Waals surface area contributed by atoms with Crippen molar-refractivity contribution in [1.29, 1.82) is 5.26 Å². The molecule has 3 aromatic carbocycles. The first-order valence-electron chi connectivity index (χ1n) is 8.98. The highest BCUT2D eigenvalue weighted by Gasteiger charge is 2.13. The van der Waals surface area contributed by atoms with E-state index in [2.05, 4.69) is 5.32 Å². The molecule has 1 amide bonds. The molecule has 3 aromatic rings. The second kappa shape index (κ2) is 9.18. The predicted octanol–water partition coefficient (Wildman–Crippen LogP) is 5.92. The standard InChI is InChI=1S/C24H18ClFN2O/c1-16-10-11-21(25)14-23(16)28-24(29)20(15-27)13-18-7-3-2-6-17(18)12-19-8-4-5-9-22(19)26/h2-11,13-14H,12H2,1H3,(H,28,29)/b20-13+. The molecule has 0 saturated heterocycles. The van der Waals surface area contributed by atoms with Crippen LogP contribution in [0.3, 0.4) is 0 Å². The van der Waals surface area contributed by atoms with E-state index in [1.807, 2.05) is 31.2 Å². The Hall–Kier alpha value is -3.42. The van der Waals surface area contributed by atoms with E-state index in [1.165, 1.54) is 12.1 Å². The molecule has 3 rings (SSSR count). The van der Waals surface area contributed by atoms with Crippen molar-refractivity contribution in [2.24, 2.45) is 0 Å². The van der Waals surface area contributed by atoms with Crippen molar-refractivity contribution in [3.8, 4) is 6.07 Å². The molecule has 0 atom stereocenters. The molecule has 144 valence electrons. The Morgan fingerprint density at radius 1 is 1.10 bits per heavy atom. The highest BCUT2D eigenvalue weighted by molar-refractivity contribution is 6.31. The molecule has 3 nitrogen and oxygen atoms in total. The zero-order valence-corrected chi connectivity index (χ0v) is 16.5. The Bertz CT molecular complexity index is 1130. The molecule has 0 aliphatic rings. The smallest absolute Gasteiger partial charge is 0.266 e. The molecule has 0 spiro atoms. The first kappa shape index (κ1) is 20.3. The molecule has 0 fully saturated rings. The number of aryl methyl sites for hydroxylation is 1. The maximum absolute atomic E-state index is 14.0. The highest BCUT2D eigenvalue weighted by atomic mass is 35.5. The molecule has 0 aliphatic heterocycles. The van der Waals surface area contributed by atoms with E-state index in [4.69, 9.17) is 11.6 Å². The lowest BCUT2D eigenvalue weighted by atomic mass is 9.98. The minimum atomic E-state index is -0.529. The molecule has 0 saturated carbocycles. The lowest BCUT2D eigenvalue weighted by Crippen LogP contribution is -2.14. The molecule has 0 aliphatic carbocycles. The fourth-order valence-corrected chi connectivity index (χ4v) is 3.08. The fraction of sp³-hybridized carbons (Fsp3) is 0.0833. The number of hydrogen-bond donors (Lipinski definition) is 1. The van der Waals surface area contributed by atoms with Gasteiger partial charge in [0.2, 0.25) is 0 Å². The summed E-state index contributed by atoms with van der Waals surface area (Å²) in [5.74, 6) is -0.820. The third-order valence-electron chi connectivity index (χ3n) is 4.51. The normalized spacial score (nSPS) is 11.0. The van der Waals surface area contributed by atoms with Gasteiger partial charge < -0.3 is 5.32 Å². The van der Waals surface area contributed by atoms with Gasteiger partial charge in [-0.15, -0.1) is 0 Å². The van der Waals surface area contributed by atoms with Crippen LogP contribution in [0.2, 0.25) is 5.02 Å². The number of carbonyl (C=O) groups is 1. The molecule has 0 bridgehead atoms. The van der Waals surface area contributed by atoms with Crippen LogP contribution in [0, 0.1) is 24.1 Å². The van der Waals surface area contributed by atoms with E-state index < -0.39 is 5.91 Å². The van der Waals surface area contributed by atoms with Gasteiger partial charge in [-0.25, -0.2) is 4.39 Å². The second-order valence-corrected chi connectivity index (χ2v) is 6.99. The third kappa shape index (κ3) is 5.10. The van der Waals surface area contributed by atoms with Crippen LogP contribution in [0.1, 0.15) is 22.3 Å².